The van der Waals surface area contributed by atoms with Crippen molar-refractivity contribution in [2.75, 3.05) is 13.2 Å². The van der Waals surface area contributed by atoms with Crippen LogP contribution < -0.4 is 10.1 Å². The van der Waals surface area contributed by atoms with Gasteiger partial charge in [-0.3, -0.25) is 4.79 Å². The van der Waals surface area contributed by atoms with Gasteiger partial charge in [-0.2, -0.15) is 0 Å². The van der Waals surface area contributed by atoms with Crippen LogP contribution in [0.5, 0.6) is 5.75 Å². The number of benzene rings is 2. The molecule has 0 aliphatic rings. The van der Waals surface area contributed by atoms with E-state index in [4.69, 9.17) is 4.74 Å². The van der Waals surface area contributed by atoms with Gasteiger partial charge in [0.15, 0.2) is 6.61 Å². The minimum absolute atomic E-state index is 0.00802. The third kappa shape index (κ3) is 4.88. The monoisotopic (exact) mass is 301 g/mol. The highest BCUT2D eigenvalue weighted by Gasteiger charge is 2.03. The van der Waals surface area contributed by atoms with Crippen LogP contribution in [-0.4, -0.2) is 19.1 Å². The quantitative estimate of drug-likeness (QED) is 0.890. The molecule has 0 aliphatic heterocycles. The highest BCUT2D eigenvalue weighted by molar-refractivity contribution is 5.77. The van der Waals surface area contributed by atoms with Gasteiger partial charge in [-0.05, 0) is 61.2 Å². The van der Waals surface area contributed by atoms with Gasteiger partial charge in [0, 0.05) is 6.54 Å². The number of carbonyl (C=O) groups excluding carboxylic acids is 1. The van der Waals surface area contributed by atoms with Gasteiger partial charge in [0.1, 0.15) is 11.6 Å². The molecule has 0 saturated carbocycles. The molecular weight excluding hydrogens is 281 g/mol. The fourth-order valence-electron chi connectivity index (χ4n) is 2.00. The van der Waals surface area contributed by atoms with Crippen molar-refractivity contribution in [3.63, 3.8) is 0 Å². The Labute approximate surface area is 130 Å². The molecule has 3 nitrogen and oxygen atoms in total. The molecule has 0 aliphatic carbocycles. The lowest BCUT2D eigenvalue weighted by Crippen LogP contribution is -2.30. The Balaban J connectivity index is 1.71. The van der Waals surface area contributed by atoms with E-state index >= 15 is 0 Å². The maximum Gasteiger partial charge on any atom is 0.257 e. The molecule has 0 fully saturated rings. The summed E-state index contributed by atoms with van der Waals surface area (Å²) in [5, 5.41) is 2.78. The first-order valence-corrected chi connectivity index (χ1v) is 7.26. The van der Waals surface area contributed by atoms with Crippen LogP contribution in [-0.2, 0) is 11.2 Å². The van der Waals surface area contributed by atoms with E-state index in [2.05, 4.69) is 5.32 Å². The van der Waals surface area contributed by atoms with E-state index in [0.717, 1.165) is 11.1 Å². The second-order valence-corrected chi connectivity index (χ2v) is 5.26. The van der Waals surface area contributed by atoms with Crippen molar-refractivity contribution in [3.8, 4) is 5.75 Å². The zero-order valence-corrected chi connectivity index (χ0v) is 12.9. The number of hydrogen-bond donors (Lipinski definition) is 1. The summed E-state index contributed by atoms with van der Waals surface area (Å²) in [5.74, 6) is 0.270. The average molecular weight is 301 g/mol. The first-order chi connectivity index (χ1) is 10.5. The van der Waals surface area contributed by atoms with Gasteiger partial charge in [0.05, 0.1) is 0 Å². The van der Waals surface area contributed by atoms with Gasteiger partial charge >= 0.3 is 0 Å². The Morgan fingerprint density at radius 2 is 1.82 bits per heavy atom. The smallest absolute Gasteiger partial charge is 0.257 e. The highest BCUT2D eigenvalue weighted by Crippen LogP contribution is 2.16. The van der Waals surface area contributed by atoms with Gasteiger partial charge < -0.3 is 10.1 Å². The summed E-state index contributed by atoms with van der Waals surface area (Å²) in [6.07, 6.45) is 0.662. The Hall–Kier alpha value is -2.36. The number of aryl methyl sites for hydroxylation is 2. The Bertz CT molecular complexity index is 638. The van der Waals surface area contributed by atoms with E-state index in [-0.39, 0.29) is 18.3 Å². The molecule has 22 heavy (non-hydrogen) atoms. The summed E-state index contributed by atoms with van der Waals surface area (Å²) in [6, 6.07) is 12.0. The van der Waals surface area contributed by atoms with Gasteiger partial charge in [-0.1, -0.05) is 18.2 Å². The maximum atomic E-state index is 12.8. The molecule has 0 spiro atoms. The number of nitrogens with one attached hydrogen (secondary N) is 1. The maximum absolute atomic E-state index is 12.8. The van der Waals surface area contributed by atoms with E-state index in [1.54, 1.807) is 12.1 Å². The van der Waals surface area contributed by atoms with E-state index in [9.17, 15) is 9.18 Å². The van der Waals surface area contributed by atoms with Crippen LogP contribution in [0.15, 0.2) is 42.5 Å². The summed E-state index contributed by atoms with van der Waals surface area (Å²) in [4.78, 5) is 11.7. The third-order valence-electron chi connectivity index (χ3n) is 3.50. The Morgan fingerprint density at radius 3 is 2.50 bits per heavy atom. The molecule has 2 aromatic rings. The fraction of sp³-hybridized carbons (Fsp3) is 0.278. The van der Waals surface area contributed by atoms with Crippen LogP contribution in [0.3, 0.4) is 0 Å². The summed E-state index contributed by atoms with van der Waals surface area (Å²) in [7, 11) is 0. The zero-order valence-electron chi connectivity index (χ0n) is 12.9. The van der Waals surface area contributed by atoms with E-state index in [1.165, 1.54) is 17.7 Å². The van der Waals surface area contributed by atoms with Crippen molar-refractivity contribution < 1.29 is 13.9 Å². The largest absolute Gasteiger partial charge is 0.484 e. The number of amides is 1. The standard InChI is InChI=1S/C18H20FNO2/c1-13-3-8-17(11-14(13)2)22-12-18(21)20-10-9-15-4-6-16(19)7-5-15/h3-8,11H,9-10,12H2,1-2H3,(H,20,21). The molecule has 1 N–H and O–H groups in total. The highest BCUT2D eigenvalue weighted by atomic mass is 19.1. The molecule has 4 heteroatoms. The average Bonchev–Trinajstić information content (AvgIpc) is 2.50. The first kappa shape index (κ1) is 16.0. The normalized spacial score (nSPS) is 10.3. The van der Waals surface area contributed by atoms with Crippen LogP contribution in [0, 0.1) is 19.7 Å². The van der Waals surface area contributed by atoms with Gasteiger partial charge in [-0.15, -0.1) is 0 Å². The van der Waals surface area contributed by atoms with E-state index < -0.39 is 0 Å². The number of hydrogen-bond acceptors (Lipinski definition) is 2. The van der Waals surface area contributed by atoms with Crippen molar-refractivity contribution in [1.29, 1.82) is 0 Å². The molecule has 0 unspecified atom stereocenters. The van der Waals surface area contributed by atoms with Crippen molar-refractivity contribution in [2.45, 2.75) is 20.3 Å². The lowest BCUT2D eigenvalue weighted by atomic mass is 10.1. The second kappa shape index (κ2) is 7.59. The molecule has 0 radical (unpaired) electrons. The predicted octanol–water partition coefficient (Wildman–Crippen LogP) is 3.18. The summed E-state index contributed by atoms with van der Waals surface area (Å²) < 4.78 is 18.2. The summed E-state index contributed by atoms with van der Waals surface area (Å²) in [5.41, 5.74) is 3.31. The third-order valence-corrected chi connectivity index (χ3v) is 3.50. The molecular formula is C18H20FNO2. The molecule has 0 heterocycles. The molecule has 2 rings (SSSR count). The Kier molecular flexibility index (Phi) is 5.53. The predicted molar refractivity (Wildman–Crippen MR) is 84.5 cm³/mol. The summed E-state index contributed by atoms with van der Waals surface area (Å²) in [6.45, 7) is 4.53. The minimum Gasteiger partial charge on any atom is -0.484 e. The lowest BCUT2D eigenvalue weighted by Gasteiger charge is -2.09. The van der Waals surface area contributed by atoms with E-state index in [1.807, 2.05) is 32.0 Å². The zero-order chi connectivity index (χ0) is 15.9. The van der Waals surface area contributed by atoms with Crippen LogP contribution in [0.4, 0.5) is 4.39 Å². The molecule has 0 bridgehead atoms. The molecule has 1 amide bonds. The molecule has 0 atom stereocenters. The van der Waals surface area contributed by atoms with Gasteiger partial charge in [0.25, 0.3) is 5.91 Å². The molecule has 0 saturated heterocycles. The number of rotatable bonds is 6. The number of halogens is 1. The van der Waals surface area contributed by atoms with Crippen molar-refractivity contribution in [3.05, 3.63) is 65.0 Å². The fourth-order valence-corrected chi connectivity index (χ4v) is 2.00. The van der Waals surface area contributed by atoms with Crippen molar-refractivity contribution in [1.82, 2.24) is 5.32 Å². The lowest BCUT2D eigenvalue weighted by molar-refractivity contribution is -0.123. The topological polar surface area (TPSA) is 38.3 Å². The molecule has 116 valence electrons. The van der Waals surface area contributed by atoms with Gasteiger partial charge in [0.2, 0.25) is 0 Å². The SMILES string of the molecule is Cc1ccc(OCC(=O)NCCc2ccc(F)cc2)cc1C. The van der Waals surface area contributed by atoms with Crippen LogP contribution in [0.2, 0.25) is 0 Å². The number of ether oxygens (including phenoxy) is 1. The van der Waals surface area contributed by atoms with Gasteiger partial charge in [-0.25, -0.2) is 4.39 Å². The molecule has 0 aromatic heterocycles. The molecule has 2 aromatic carbocycles. The summed E-state index contributed by atoms with van der Waals surface area (Å²) >= 11 is 0. The van der Waals surface area contributed by atoms with Crippen molar-refractivity contribution >= 4 is 5.91 Å². The first-order valence-electron chi connectivity index (χ1n) is 7.26. The van der Waals surface area contributed by atoms with E-state index in [0.29, 0.717) is 18.7 Å². The van der Waals surface area contributed by atoms with Crippen molar-refractivity contribution in [2.24, 2.45) is 0 Å². The van der Waals surface area contributed by atoms with Crippen LogP contribution in [0.25, 0.3) is 0 Å². The van der Waals surface area contributed by atoms with Crippen LogP contribution in [0.1, 0.15) is 16.7 Å². The number of carbonyl (C=O) groups is 1. The second-order valence-electron chi connectivity index (χ2n) is 5.26. The van der Waals surface area contributed by atoms with Crippen LogP contribution >= 0.6 is 0 Å². The minimum atomic E-state index is -0.255. The Morgan fingerprint density at radius 1 is 1.09 bits per heavy atom.